The second-order valence-electron chi connectivity index (χ2n) is 14.0. The predicted molar refractivity (Wildman–Crippen MR) is 221 cm³/mol. The van der Waals surface area contributed by atoms with Gasteiger partial charge in [-0.15, -0.1) is 0 Å². The fourth-order valence-corrected chi connectivity index (χ4v) is 9.10. The Morgan fingerprint density at radius 2 is 1.00 bits per heavy atom. The quantitative estimate of drug-likeness (QED) is 0.183. The molecule has 0 spiro atoms. The van der Waals surface area contributed by atoms with Crippen molar-refractivity contribution < 1.29 is 4.74 Å². The number of benzene rings is 9. The van der Waals surface area contributed by atoms with Crippen LogP contribution in [0.2, 0.25) is 0 Å². The van der Waals surface area contributed by atoms with E-state index in [0.717, 1.165) is 33.7 Å². The van der Waals surface area contributed by atoms with E-state index in [1.54, 1.807) is 0 Å². The molecule has 0 saturated heterocycles. The number of nitrogens with zero attached hydrogens (tertiary/aromatic N) is 2. The van der Waals surface area contributed by atoms with E-state index in [1.807, 2.05) is 0 Å². The summed E-state index contributed by atoms with van der Waals surface area (Å²) in [5.41, 5.74) is 11.8. The molecule has 53 heavy (non-hydrogen) atoms. The molecular weight excluding hydrogens is 645 g/mol. The molecule has 0 N–H and O–H groups in total. The Balaban J connectivity index is 1.16. The summed E-state index contributed by atoms with van der Waals surface area (Å²) in [7, 11) is 0. The van der Waals surface area contributed by atoms with Gasteiger partial charge < -0.3 is 13.9 Å². The molecule has 0 fully saturated rings. The van der Waals surface area contributed by atoms with E-state index < -0.39 is 0 Å². The van der Waals surface area contributed by atoms with Crippen LogP contribution in [0.5, 0.6) is 11.5 Å². The molecule has 0 bridgehead atoms. The highest BCUT2D eigenvalue weighted by molar-refractivity contribution is 6.26. The first-order chi connectivity index (χ1) is 26.3. The van der Waals surface area contributed by atoms with Crippen molar-refractivity contribution in [1.29, 1.82) is 0 Å². The topological polar surface area (TPSA) is 19.1 Å². The normalized spacial score (nSPS) is 12.3. The van der Waals surface area contributed by atoms with Crippen LogP contribution in [0.4, 0.5) is 0 Å². The number of aromatic nitrogens is 2. The zero-order valence-corrected chi connectivity index (χ0v) is 28.6. The molecule has 0 atom stereocenters. The van der Waals surface area contributed by atoms with Crippen molar-refractivity contribution in [2.75, 3.05) is 0 Å². The van der Waals surface area contributed by atoms with Gasteiger partial charge in [-0.1, -0.05) is 121 Å². The third-order valence-electron chi connectivity index (χ3n) is 11.3. The van der Waals surface area contributed by atoms with Gasteiger partial charge in [0.15, 0.2) is 0 Å². The monoisotopic (exact) mass is 674 g/mol. The zero-order valence-electron chi connectivity index (χ0n) is 28.6. The summed E-state index contributed by atoms with van der Waals surface area (Å²) in [6.45, 7) is 0. The standard InChI is InChI=1S/C50H30N2O/c1-2-15-33(16-3-1)51-42-22-8-6-18-36(42)48-35(20-11-25-44(48)51)32-27-28-46-39(29-32)40-30-45-49(38-21-12-26-47(53-46)50(38)40)37-19-7-9-23-43(37)52(45)41-24-10-14-31-13-4-5-17-34(31)41/h1-30H. The van der Waals surface area contributed by atoms with Crippen LogP contribution < -0.4 is 4.74 Å². The summed E-state index contributed by atoms with van der Waals surface area (Å²) in [5.74, 6) is 1.77. The Kier molecular flexibility index (Phi) is 5.77. The minimum atomic E-state index is 0.875. The van der Waals surface area contributed by atoms with Gasteiger partial charge in [-0.2, -0.15) is 0 Å². The lowest BCUT2D eigenvalue weighted by atomic mass is 9.89. The molecule has 3 heteroatoms. The third kappa shape index (κ3) is 3.94. The van der Waals surface area contributed by atoms with Crippen molar-refractivity contribution in [2.45, 2.75) is 0 Å². The summed E-state index contributed by atoms with van der Waals surface area (Å²) < 4.78 is 11.6. The maximum Gasteiger partial charge on any atom is 0.135 e. The van der Waals surface area contributed by atoms with Crippen LogP contribution in [-0.4, -0.2) is 9.13 Å². The largest absolute Gasteiger partial charge is 0.456 e. The maximum absolute atomic E-state index is 6.76. The minimum absolute atomic E-state index is 0.875. The van der Waals surface area contributed by atoms with Gasteiger partial charge in [0, 0.05) is 43.6 Å². The molecule has 0 aliphatic carbocycles. The van der Waals surface area contributed by atoms with E-state index in [2.05, 4.69) is 191 Å². The molecule has 1 aliphatic heterocycles. The smallest absolute Gasteiger partial charge is 0.135 e. The summed E-state index contributed by atoms with van der Waals surface area (Å²) >= 11 is 0. The molecule has 12 rings (SSSR count). The van der Waals surface area contributed by atoms with Crippen LogP contribution in [0, 0.1) is 0 Å². The van der Waals surface area contributed by atoms with Crippen molar-refractivity contribution in [3.8, 4) is 45.1 Å². The van der Waals surface area contributed by atoms with Crippen LogP contribution in [0.15, 0.2) is 182 Å². The Morgan fingerprint density at radius 3 is 1.87 bits per heavy atom. The Morgan fingerprint density at radius 1 is 0.340 bits per heavy atom. The van der Waals surface area contributed by atoms with Crippen LogP contribution in [0.3, 0.4) is 0 Å². The second kappa shape index (κ2) is 10.7. The van der Waals surface area contributed by atoms with Crippen molar-refractivity contribution in [2.24, 2.45) is 0 Å². The van der Waals surface area contributed by atoms with Crippen molar-refractivity contribution in [1.82, 2.24) is 9.13 Å². The first-order valence-electron chi connectivity index (χ1n) is 18.2. The van der Waals surface area contributed by atoms with Gasteiger partial charge in [0.25, 0.3) is 0 Å². The van der Waals surface area contributed by atoms with Gasteiger partial charge in [-0.25, -0.2) is 0 Å². The van der Waals surface area contributed by atoms with Crippen molar-refractivity contribution in [3.05, 3.63) is 182 Å². The van der Waals surface area contributed by atoms with Gasteiger partial charge in [0.2, 0.25) is 0 Å². The molecule has 0 amide bonds. The molecule has 2 aromatic heterocycles. The van der Waals surface area contributed by atoms with Gasteiger partial charge in [0.05, 0.1) is 27.8 Å². The highest BCUT2D eigenvalue weighted by Gasteiger charge is 2.26. The maximum atomic E-state index is 6.76. The first-order valence-corrected chi connectivity index (χ1v) is 18.2. The summed E-state index contributed by atoms with van der Waals surface area (Å²) in [5, 5.41) is 9.79. The molecule has 3 heterocycles. The van der Waals surface area contributed by atoms with E-state index in [1.165, 1.54) is 76.6 Å². The number of ether oxygens (including phenoxy) is 1. The molecular formula is C50H30N2O. The number of fused-ring (bicyclic) bond motifs is 10. The molecule has 0 unspecified atom stereocenters. The fraction of sp³-hybridized carbons (Fsp3) is 0. The van der Waals surface area contributed by atoms with Gasteiger partial charge in [0.1, 0.15) is 11.5 Å². The Hall–Kier alpha value is -7.10. The first kappa shape index (κ1) is 28.6. The minimum Gasteiger partial charge on any atom is -0.456 e. The Bertz CT molecular complexity index is 3310. The Labute approximate surface area is 305 Å². The molecule has 246 valence electrons. The second-order valence-corrected chi connectivity index (χ2v) is 14.0. The number of hydrogen-bond donors (Lipinski definition) is 0. The number of hydrogen-bond acceptors (Lipinski definition) is 1. The lowest BCUT2D eigenvalue weighted by Crippen LogP contribution is -1.99. The lowest BCUT2D eigenvalue weighted by Gasteiger charge is -2.23. The van der Waals surface area contributed by atoms with E-state index in [9.17, 15) is 0 Å². The van der Waals surface area contributed by atoms with Gasteiger partial charge in [-0.05, 0) is 88.1 Å². The zero-order chi connectivity index (χ0) is 34.6. The number of para-hydroxylation sites is 3. The lowest BCUT2D eigenvalue weighted by molar-refractivity contribution is 0.487. The SMILES string of the molecule is c1ccc(-n2c3ccccc3c3c(-c4ccc5c(c4)-c4cc6c(c7cccc(c47)O5)c4ccccc4n6-c4cccc5ccccc45)cccc32)cc1. The summed E-state index contributed by atoms with van der Waals surface area (Å²) in [6.07, 6.45) is 0. The third-order valence-corrected chi connectivity index (χ3v) is 11.3. The predicted octanol–water partition coefficient (Wildman–Crippen LogP) is 13.6. The van der Waals surface area contributed by atoms with Crippen LogP contribution >= 0.6 is 0 Å². The van der Waals surface area contributed by atoms with E-state index >= 15 is 0 Å². The fourth-order valence-electron chi connectivity index (χ4n) is 9.10. The molecule has 3 nitrogen and oxygen atoms in total. The molecule has 1 aliphatic rings. The summed E-state index contributed by atoms with van der Waals surface area (Å²) in [6, 6.07) is 65.9. The molecule has 0 saturated carbocycles. The van der Waals surface area contributed by atoms with Crippen LogP contribution in [0.25, 0.3) is 98.8 Å². The van der Waals surface area contributed by atoms with E-state index in [0.29, 0.717) is 0 Å². The van der Waals surface area contributed by atoms with Crippen LogP contribution in [0.1, 0.15) is 0 Å². The van der Waals surface area contributed by atoms with Crippen molar-refractivity contribution >= 4 is 65.2 Å². The van der Waals surface area contributed by atoms with Gasteiger partial charge >= 0.3 is 0 Å². The van der Waals surface area contributed by atoms with Crippen molar-refractivity contribution in [3.63, 3.8) is 0 Å². The van der Waals surface area contributed by atoms with E-state index in [-0.39, 0.29) is 0 Å². The van der Waals surface area contributed by atoms with Gasteiger partial charge in [-0.3, -0.25) is 0 Å². The molecule has 11 aromatic rings. The summed E-state index contributed by atoms with van der Waals surface area (Å²) in [4.78, 5) is 0. The molecule has 0 radical (unpaired) electrons. The highest BCUT2D eigenvalue weighted by Crippen LogP contribution is 2.52. The van der Waals surface area contributed by atoms with Crippen LogP contribution in [-0.2, 0) is 0 Å². The average Bonchev–Trinajstić information content (AvgIpc) is 3.74. The highest BCUT2D eigenvalue weighted by atomic mass is 16.5. The average molecular weight is 675 g/mol. The van der Waals surface area contributed by atoms with E-state index in [4.69, 9.17) is 4.74 Å². The molecule has 9 aromatic carbocycles. The number of rotatable bonds is 3.